The van der Waals surface area contributed by atoms with Crippen molar-refractivity contribution in [1.29, 1.82) is 0 Å². The van der Waals surface area contributed by atoms with Gasteiger partial charge in [-0.05, 0) is 91.3 Å². The zero-order valence-electron chi connectivity index (χ0n) is 19.8. The number of ketones is 1. The van der Waals surface area contributed by atoms with Crippen LogP contribution in [0.25, 0.3) is 0 Å². The second kappa shape index (κ2) is 7.95. The van der Waals surface area contributed by atoms with E-state index in [0.717, 1.165) is 43.4 Å². The molecule has 1 N–H and O–H groups in total. The lowest BCUT2D eigenvalue weighted by Crippen LogP contribution is -2.57. The summed E-state index contributed by atoms with van der Waals surface area (Å²) in [5, 5.41) is 10.2. The smallest absolute Gasteiger partial charge is 0.136 e. The second-order valence-electron chi connectivity index (χ2n) is 12.6. The fourth-order valence-electron chi connectivity index (χ4n) is 8.93. The molecule has 4 saturated carbocycles. The van der Waals surface area contributed by atoms with Crippen molar-refractivity contribution in [2.75, 3.05) is 0 Å². The fraction of sp³-hybridized carbons (Fsp3) is 0.963. The van der Waals surface area contributed by atoms with E-state index in [1.807, 2.05) is 0 Å². The molecule has 0 aromatic rings. The SMILES string of the molecule is CC(C)CCC[C@@H](C)[C@@H]1CC[C@@H]2[C@@H]3C(=O)C[C@H]4C[C@H](O)CC[C@]4(C)[C@@H]3CC[C@@]21C. The number of rotatable bonds is 5. The lowest BCUT2D eigenvalue weighted by atomic mass is 9.44. The average Bonchev–Trinajstić information content (AvgIpc) is 3.00. The summed E-state index contributed by atoms with van der Waals surface area (Å²) in [6, 6.07) is 0. The Morgan fingerprint density at radius 3 is 2.38 bits per heavy atom. The molecule has 0 aliphatic heterocycles. The number of carbonyl (C=O) groups excluding carboxylic acids is 1. The molecule has 2 heteroatoms. The summed E-state index contributed by atoms with van der Waals surface area (Å²) in [7, 11) is 0. The Morgan fingerprint density at radius 2 is 1.66 bits per heavy atom. The Bertz CT molecular complexity index is 612. The van der Waals surface area contributed by atoms with Crippen LogP contribution in [0.15, 0.2) is 0 Å². The number of carbonyl (C=O) groups is 1. The molecular weight excluding hydrogens is 356 g/mol. The van der Waals surface area contributed by atoms with Gasteiger partial charge in [-0.3, -0.25) is 4.79 Å². The Kier molecular flexibility index (Phi) is 5.99. The van der Waals surface area contributed by atoms with E-state index >= 15 is 0 Å². The van der Waals surface area contributed by atoms with Crippen LogP contribution in [0.3, 0.4) is 0 Å². The van der Waals surface area contributed by atoms with E-state index in [2.05, 4.69) is 34.6 Å². The second-order valence-corrected chi connectivity index (χ2v) is 12.6. The number of Topliss-reactive ketones (excluding diaryl/α,β-unsaturated/α-hetero) is 1. The molecule has 0 amide bonds. The van der Waals surface area contributed by atoms with Crippen LogP contribution in [0.1, 0.15) is 105 Å². The number of fused-ring (bicyclic) bond motifs is 5. The van der Waals surface area contributed by atoms with Crippen molar-refractivity contribution in [3.05, 3.63) is 0 Å². The van der Waals surface area contributed by atoms with Crippen molar-refractivity contribution < 1.29 is 9.90 Å². The minimum atomic E-state index is -0.172. The quantitative estimate of drug-likeness (QED) is 0.559. The van der Waals surface area contributed by atoms with Crippen LogP contribution in [-0.4, -0.2) is 17.0 Å². The van der Waals surface area contributed by atoms with Crippen LogP contribution in [-0.2, 0) is 4.79 Å². The Morgan fingerprint density at radius 1 is 0.966 bits per heavy atom. The van der Waals surface area contributed by atoms with Gasteiger partial charge in [0.25, 0.3) is 0 Å². The third kappa shape index (κ3) is 3.64. The van der Waals surface area contributed by atoms with Crippen molar-refractivity contribution >= 4 is 5.78 Å². The largest absolute Gasteiger partial charge is 0.393 e. The summed E-state index contributed by atoms with van der Waals surface area (Å²) in [6.45, 7) is 12.2. The van der Waals surface area contributed by atoms with Crippen LogP contribution in [0.4, 0.5) is 0 Å². The van der Waals surface area contributed by atoms with Crippen molar-refractivity contribution in [3.8, 4) is 0 Å². The third-order valence-electron chi connectivity index (χ3n) is 10.6. The minimum absolute atomic E-state index is 0.172. The molecule has 0 unspecified atom stereocenters. The molecule has 4 aliphatic rings. The highest BCUT2D eigenvalue weighted by molar-refractivity contribution is 5.83. The third-order valence-corrected chi connectivity index (χ3v) is 10.6. The van der Waals surface area contributed by atoms with E-state index in [-0.39, 0.29) is 6.10 Å². The maximum atomic E-state index is 13.5. The molecule has 4 rings (SSSR count). The molecule has 0 spiro atoms. The van der Waals surface area contributed by atoms with E-state index in [4.69, 9.17) is 0 Å². The van der Waals surface area contributed by atoms with E-state index in [1.165, 1.54) is 44.9 Å². The number of hydrogen-bond donors (Lipinski definition) is 1. The van der Waals surface area contributed by atoms with Gasteiger partial charge in [0.1, 0.15) is 5.78 Å². The molecule has 0 aromatic heterocycles. The van der Waals surface area contributed by atoms with Crippen LogP contribution >= 0.6 is 0 Å². The van der Waals surface area contributed by atoms with Crippen molar-refractivity contribution in [2.24, 2.45) is 52.3 Å². The maximum absolute atomic E-state index is 13.5. The monoisotopic (exact) mass is 402 g/mol. The van der Waals surface area contributed by atoms with Crippen molar-refractivity contribution in [1.82, 2.24) is 0 Å². The van der Waals surface area contributed by atoms with Crippen molar-refractivity contribution in [3.63, 3.8) is 0 Å². The summed E-state index contributed by atoms with van der Waals surface area (Å²) in [5.41, 5.74) is 0.672. The highest BCUT2D eigenvalue weighted by Crippen LogP contribution is 2.67. The summed E-state index contributed by atoms with van der Waals surface area (Å²) in [4.78, 5) is 13.5. The highest BCUT2D eigenvalue weighted by atomic mass is 16.3. The lowest BCUT2D eigenvalue weighted by molar-refractivity contribution is -0.160. The molecular formula is C27H46O2. The zero-order chi connectivity index (χ0) is 21.0. The highest BCUT2D eigenvalue weighted by Gasteiger charge is 2.62. The molecule has 4 aliphatic carbocycles. The first-order valence-corrected chi connectivity index (χ1v) is 12.9. The summed E-state index contributed by atoms with van der Waals surface area (Å²) >= 11 is 0. The summed E-state index contributed by atoms with van der Waals surface area (Å²) in [5.74, 6) is 4.93. The van der Waals surface area contributed by atoms with Gasteiger partial charge in [0, 0.05) is 12.3 Å². The Labute approximate surface area is 179 Å². The Hall–Kier alpha value is -0.370. The van der Waals surface area contributed by atoms with Gasteiger partial charge in [-0.25, -0.2) is 0 Å². The number of aliphatic hydroxyl groups excluding tert-OH is 1. The zero-order valence-corrected chi connectivity index (χ0v) is 19.8. The molecule has 4 fully saturated rings. The summed E-state index contributed by atoms with van der Waals surface area (Å²) in [6.07, 6.45) is 12.8. The minimum Gasteiger partial charge on any atom is -0.393 e. The van der Waals surface area contributed by atoms with Gasteiger partial charge in [0.2, 0.25) is 0 Å². The van der Waals surface area contributed by atoms with Gasteiger partial charge in [-0.2, -0.15) is 0 Å². The maximum Gasteiger partial charge on any atom is 0.136 e. The number of hydrogen-bond acceptors (Lipinski definition) is 2. The van der Waals surface area contributed by atoms with Crippen LogP contribution in [0.2, 0.25) is 0 Å². The number of aliphatic hydroxyl groups is 1. The van der Waals surface area contributed by atoms with Gasteiger partial charge in [-0.1, -0.05) is 53.9 Å². The first kappa shape index (κ1) is 21.8. The van der Waals surface area contributed by atoms with Gasteiger partial charge in [-0.15, -0.1) is 0 Å². The van der Waals surface area contributed by atoms with E-state index in [0.29, 0.717) is 40.3 Å². The Balaban J connectivity index is 1.51. The molecule has 2 nitrogen and oxygen atoms in total. The van der Waals surface area contributed by atoms with Crippen LogP contribution < -0.4 is 0 Å². The fourth-order valence-corrected chi connectivity index (χ4v) is 8.93. The topological polar surface area (TPSA) is 37.3 Å². The lowest BCUT2D eigenvalue weighted by Gasteiger charge is -2.60. The predicted molar refractivity (Wildman–Crippen MR) is 119 cm³/mol. The van der Waals surface area contributed by atoms with E-state index in [1.54, 1.807) is 0 Å². The molecule has 0 radical (unpaired) electrons. The first-order chi connectivity index (χ1) is 13.7. The molecule has 0 saturated heterocycles. The first-order valence-electron chi connectivity index (χ1n) is 12.9. The van der Waals surface area contributed by atoms with Crippen molar-refractivity contribution in [2.45, 2.75) is 111 Å². The van der Waals surface area contributed by atoms with Gasteiger partial charge >= 0.3 is 0 Å². The summed E-state index contributed by atoms with van der Waals surface area (Å²) < 4.78 is 0. The molecule has 166 valence electrons. The predicted octanol–water partition coefficient (Wildman–Crippen LogP) is 6.65. The molecule has 0 bridgehead atoms. The van der Waals surface area contributed by atoms with Crippen LogP contribution in [0.5, 0.6) is 0 Å². The van der Waals surface area contributed by atoms with E-state index in [9.17, 15) is 9.90 Å². The standard InChI is InChI=1S/C27H46O2/c1-17(2)7-6-8-18(3)21-9-10-22-25-23(12-14-27(21,22)5)26(4)13-11-20(28)15-19(26)16-24(25)29/h17-23,25,28H,6-16H2,1-5H3/t18-,19-,20-,21+,22-,23-,25+,26+,27-/m1/s1. The van der Waals surface area contributed by atoms with Gasteiger partial charge < -0.3 is 5.11 Å². The van der Waals surface area contributed by atoms with E-state index < -0.39 is 0 Å². The van der Waals surface area contributed by atoms with Crippen LogP contribution in [0, 0.1) is 52.3 Å². The normalized spacial score (nSPS) is 48.2. The molecule has 0 aromatic carbocycles. The van der Waals surface area contributed by atoms with Gasteiger partial charge in [0.05, 0.1) is 6.10 Å². The average molecular weight is 403 g/mol. The molecule has 0 heterocycles. The molecule has 9 atom stereocenters. The van der Waals surface area contributed by atoms with Gasteiger partial charge in [0.15, 0.2) is 0 Å². The molecule has 29 heavy (non-hydrogen) atoms.